The summed E-state index contributed by atoms with van der Waals surface area (Å²) >= 11 is 0. The molecule has 1 aromatic rings. The maximum absolute atomic E-state index is 11.9. The van der Waals surface area contributed by atoms with Crippen LogP contribution in [-0.2, 0) is 14.8 Å². The summed E-state index contributed by atoms with van der Waals surface area (Å²) in [4.78, 5) is 11.8. The second-order valence-electron chi connectivity index (χ2n) is 5.02. The van der Waals surface area contributed by atoms with E-state index < -0.39 is 15.9 Å². The second-order valence-corrected chi connectivity index (χ2v) is 6.93. The molecule has 0 aromatic heterocycles. The number of benzene rings is 1. The van der Waals surface area contributed by atoms with Gasteiger partial charge in [-0.15, -0.1) is 6.58 Å². The molecule has 1 rings (SSSR count). The molecule has 1 aromatic carbocycles. The van der Waals surface area contributed by atoms with Crippen molar-refractivity contribution in [2.45, 2.75) is 20.0 Å². The fourth-order valence-electron chi connectivity index (χ4n) is 1.74. The van der Waals surface area contributed by atoms with Gasteiger partial charge in [-0.3, -0.25) is 9.10 Å². The molecular weight excluding hydrogens is 304 g/mol. The number of anilines is 1. The van der Waals surface area contributed by atoms with Crippen LogP contribution in [0.15, 0.2) is 36.9 Å². The molecule has 0 aliphatic rings. The second kappa shape index (κ2) is 7.84. The summed E-state index contributed by atoms with van der Waals surface area (Å²) in [5, 5.41) is 2.55. The monoisotopic (exact) mass is 326 g/mol. The zero-order chi connectivity index (χ0) is 16.8. The molecular formula is C15H22N2O4S. The average molecular weight is 326 g/mol. The highest BCUT2D eigenvalue weighted by atomic mass is 32.2. The van der Waals surface area contributed by atoms with Crippen molar-refractivity contribution in [3.05, 3.63) is 36.9 Å². The number of nitrogens with zero attached hydrogens (tertiary/aromatic N) is 1. The molecule has 7 heteroatoms. The van der Waals surface area contributed by atoms with E-state index in [1.165, 1.54) is 6.08 Å². The Hall–Kier alpha value is -2.02. The van der Waals surface area contributed by atoms with Crippen LogP contribution in [0.3, 0.4) is 0 Å². The molecule has 1 amide bonds. The van der Waals surface area contributed by atoms with Crippen molar-refractivity contribution in [1.82, 2.24) is 5.32 Å². The first-order valence-electron chi connectivity index (χ1n) is 6.86. The van der Waals surface area contributed by atoms with Crippen molar-refractivity contribution >= 4 is 21.6 Å². The summed E-state index contributed by atoms with van der Waals surface area (Å²) in [6.45, 7) is 7.31. The molecule has 0 saturated heterocycles. The number of carbonyl (C=O) groups is 1. The number of nitrogens with one attached hydrogen (secondary N) is 1. The first-order chi connectivity index (χ1) is 10.2. The Balaban J connectivity index is 2.93. The van der Waals surface area contributed by atoms with Crippen LogP contribution in [0.2, 0.25) is 0 Å². The van der Waals surface area contributed by atoms with Crippen molar-refractivity contribution in [2.75, 3.05) is 23.7 Å². The highest BCUT2D eigenvalue weighted by Gasteiger charge is 2.20. The lowest BCUT2D eigenvalue weighted by atomic mass is 10.3. The Kier molecular flexibility index (Phi) is 6.42. The molecule has 0 aliphatic carbocycles. The minimum atomic E-state index is -3.57. The molecule has 22 heavy (non-hydrogen) atoms. The van der Waals surface area contributed by atoms with Gasteiger partial charge in [-0.2, -0.15) is 0 Å². The molecule has 0 saturated carbocycles. The molecule has 0 fully saturated rings. The summed E-state index contributed by atoms with van der Waals surface area (Å²) in [5.74, 6) is 0.246. The maximum atomic E-state index is 11.9. The van der Waals surface area contributed by atoms with Crippen LogP contribution in [-0.4, -0.2) is 39.8 Å². The fourth-order valence-corrected chi connectivity index (χ4v) is 2.59. The highest BCUT2D eigenvalue weighted by molar-refractivity contribution is 7.92. The summed E-state index contributed by atoms with van der Waals surface area (Å²) in [6.07, 6.45) is 2.62. The van der Waals surface area contributed by atoms with Crippen LogP contribution in [0, 0.1) is 0 Å². The van der Waals surface area contributed by atoms with Crippen molar-refractivity contribution < 1.29 is 17.9 Å². The minimum Gasteiger partial charge on any atom is -0.491 e. The molecule has 0 heterocycles. The van der Waals surface area contributed by atoms with E-state index >= 15 is 0 Å². The van der Waals surface area contributed by atoms with E-state index in [0.29, 0.717) is 11.4 Å². The Morgan fingerprint density at radius 1 is 1.36 bits per heavy atom. The molecule has 0 atom stereocenters. The van der Waals surface area contributed by atoms with Crippen LogP contribution in [0.5, 0.6) is 5.75 Å². The largest absolute Gasteiger partial charge is 0.491 e. The van der Waals surface area contributed by atoms with Crippen LogP contribution in [0.25, 0.3) is 0 Å². The lowest BCUT2D eigenvalue weighted by Gasteiger charge is -2.22. The summed E-state index contributed by atoms with van der Waals surface area (Å²) in [6, 6.07) is 6.57. The van der Waals surface area contributed by atoms with E-state index in [2.05, 4.69) is 11.9 Å². The van der Waals surface area contributed by atoms with Gasteiger partial charge in [0.15, 0.2) is 0 Å². The van der Waals surface area contributed by atoms with Gasteiger partial charge in [-0.25, -0.2) is 8.42 Å². The average Bonchev–Trinajstić information content (AvgIpc) is 2.42. The van der Waals surface area contributed by atoms with Crippen molar-refractivity contribution in [1.29, 1.82) is 0 Å². The van der Waals surface area contributed by atoms with E-state index in [1.54, 1.807) is 24.3 Å². The number of amides is 1. The molecule has 122 valence electrons. The van der Waals surface area contributed by atoms with Crippen molar-refractivity contribution in [3.63, 3.8) is 0 Å². The van der Waals surface area contributed by atoms with Gasteiger partial charge in [0.1, 0.15) is 12.3 Å². The van der Waals surface area contributed by atoms with E-state index in [9.17, 15) is 13.2 Å². The quantitative estimate of drug-likeness (QED) is 0.735. The Morgan fingerprint density at radius 2 is 1.95 bits per heavy atom. The molecule has 0 bridgehead atoms. The Morgan fingerprint density at radius 3 is 2.41 bits per heavy atom. The summed E-state index contributed by atoms with van der Waals surface area (Å²) in [5.41, 5.74) is 0.410. The zero-order valence-corrected chi connectivity index (χ0v) is 13.9. The van der Waals surface area contributed by atoms with E-state index in [4.69, 9.17) is 4.74 Å². The molecule has 0 spiro atoms. The third-order valence-corrected chi connectivity index (χ3v) is 3.77. The third-order valence-electron chi connectivity index (χ3n) is 2.63. The minimum absolute atomic E-state index is 0.0292. The van der Waals surface area contributed by atoms with E-state index in [-0.39, 0.29) is 19.2 Å². The first-order valence-corrected chi connectivity index (χ1v) is 8.71. The maximum Gasteiger partial charge on any atom is 0.241 e. The van der Waals surface area contributed by atoms with Gasteiger partial charge >= 0.3 is 0 Å². The third kappa shape index (κ3) is 5.77. The number of carbonyl (C=O) groups excluding carboxylic acids is 1. The molecule has 0 radical (unpaired) electrons. The zero-order valence-electron chi connectivity index (χ0n) is 13.1. The van der Waals surface area contributed by atoms with Crippen molar-refractivity contribution in [2.24, 2.45) is 0 Å². The van der Waals surface area contributed by atoms with Crippen LogP contribution < -0.4 is 14.4 Å². The Labute approximate surface area is 131 Å². The molecule has 6 nitrogen and oxygen atoms in total. The number of ether oxygens (including phenoxy) is 1. The first kappa shape index (κ1) is 18.0. The number of rotatable bonds is 8. The van der Waals surface area contributed by atoms with Gasteiger partial charge in [-0.1, -0.05) is 6.08 Å². The van der Waals surface area contributed by atoms with E-state index in [0.717, 1.165) is 10.6 Å². The predicted octanol–water partition coefficient (Wildman–Crippen LogP) is 1.54. The predicted molar refractivity (Wildman–Crippen MR) is 87.6 cm³/mol. The lowest BCUT2D eigenvalue weighted by molar-refractivity contribution is -0.119. The molecule has 1 N–H and O–H groups in total. The molecule has 0 aliphatic heterocycles. The molecule has 0 unspecified atom stereocenters. The van der Waals surface area contributed by atoms with E-state index in [1.807, 2.05) is 13.8 Å². The highest BCUT2D eigenvalue weighted by Crippen LogP contribution is 2.22. The van der Waals surface area contributed by atoms with Gasteiger partial charge in [-0.05, 0) is 38.1 Å². The standard InChI is InChI=1S/C15H22N2O4S/c1-5-10-16-15(18)11-17(22(4,19)20)13-6-8-14(9-7-13)21-12(2)3/h5-9,12H,1,10-11H2,2-4H3,(H,16,18). The van der Waals surface area contributed by atoms with Crippen molar-refractivity contribution in [3.8, 4) is 5.75 Å². The lowest BCUT2D eigenvalue weighted by Crippen LogP contribution is -2.40. The number of hydrogen-bond acceptors (Lipinski definition) is 4. The van der Waals surface area contributed by atoms with Gasteiger partial charge < -0.3 is 10.1 Å². The normalized spacial score (nSPS) is 11.1. The van der Waals surface area contributed by atoms with Gasteiger partial charge in [0.25, 0.3) is 0 Å². The van der Waals surface area contributed by atoms with Crippen LogP contribution in [0.1, 0.15) is 13.8 Å². The summed E-state index contributed by atoms with van der Waals surface area (Å²) in [7, 11) is -3.57. The van der Waals surface area contributed by atoms with Crippen LogP contribution in [0.4, 0.5) is 5.69 Å². The number of sulfonamides is 1. The number of hydrogen-bond donors (Lipinski definition) is 1. The fraction of sp³-hybridized carbons (Fsp3) is 0.400. The van der Waals surface area contributed by atoms with Crippen LogP contribution >= 0.6 is 0 Å². The summed E-state index contributed by atoms with van der Waals surface area (Å²) < 4.78 is 30.4. The SMILES string of the molecule is C=CCNC(=O)CN(c1ccc(OC(C)C)cc1)S(C)(=O)=O. The topological polar surface area (TPSA) is 75.7 Å². The van der Waals surface area contributed by atoms with Gasteiger partial charge in [0, 0.05) is 6.54 Å². The van der Waals surface area contributed by atoms with Gasteiger partial charge in [0.05, 0.1) is 18.0 Å². The van der Waals surface area contributed by atoms with Gasteiger partial charge in [0.2, 0.25) is 15.9 Å². The Bertz CT molecular complexity index is 609. The smallest absolute Gasteiger partial charge is 0.241 e.